The van der Waals surface area contributed by atoms with Crippen molar-refractivity contribution in [2.24, 2.45) is 0 Å². The molecule has 5 heteroatoms. The molecule has 1 atom stereocenters. The number of aryl methyl sites for hydroxylation is 1. The van der Waals surface area contributed by atoms with Crippen LogP contribution in [0.5, 0.6) is 5.75 Å². The van der Waals surface area contributed by atoms with Gasteiger partial charge in [-0.1, -0.05) is 42.5 Å². The number of carbonyl (C=O) groups is 1. The molecule has 0 spiro atoms. The summed E-state index contributed by atoms with van der Waals surface area (Å²) in [7, 11) is 1.84. The molecular weight excluding hydrogens is 368 g/mol. The standard InChI is InChI=1S/C23H22N2O2S/c1-16-8-3-6-11-20(16)27-15-22(26)25(2)23(21-12-7-13-28-21)18-14-24-19-10-5-4-9-17(18)19/h3-14,23-24H,15H2,1-2H3. The summed E-state index contributed by atoms with van der Waals surface area (Å²) in [6.07, 6.45) is 2.00. The molecule has 28 heavy (non-hydrogen) atoms. The van der Waals surface area contributed by atoms with Gasteiger partial charge in [0.15, 0.2) is 6.61 Å². The zero-order valence-electron chi connectivity index (χ0n) is 15.9. The Kier molecular flexibility index (Phi) is 5.17. The van der Waals surface area contributed by atoms with Gasteiger partial charge in [-0.2, -0.15) is 0 Å². The van der Waals surface area contributed by atoms with Gasteiger partial charge in [0, 0.05) is 34.6 Å². The smallest absolute Gasteiger partial charge is 0.261 e. The molecule has 0 aliphatic rings. The number of H-pyrrole nitrogens is 1. The van der Waals surface area contributed by atoms with Gasteiger partial charge in [-0.3, -0.25) is 4.79 Å². The highest BCUT2D eigenvalue weighted by atomic mass is 32.1. The van der Waals surface area contributed by atoms with E-state index in [0.717, 1.165) is 32.7 Å². The summed E-state index contributed by atoms with van der Waals surface area (Å²) in [4.78, 5) is 19.2. The Bertz CT molecular complexity index is 1080. The van der Waals surface area contributed by atoms with E-state index in [9.17, 15) is 4.79 Å². The Morgan fingerprint density at radius 3 is 2.68 bits per heavy atom. The molecule has 2 aromatic carbocycles. The molecule has 2 heterocycles. The first-order valence-corrected chi connectivity index (χ1v) is 10.1. The van der Waals surface area contributed by atoms with Crippen molar-refractivity contribution in [3.8, 4) is 5.75 Å². The van der Waals surface area contributed by atoms with Gasteiger partial charge < -0.3 is 14.6 Å². The van der Waals surface area contributed by atoms with Crippen molar-refractivity contribution in [3.05, 3.63) is 88.2 Å². The summed E-state index contributed by atoms with van der Waals surface area (Å²) < 4.78 is 5.80. The molecule has 0 aliphatic carbocycles. The average molecular weight is 391 g/mol. The number of fused-ring (bicyclic) bond motifs is 1. The van der Waals surface area contributed by atoms with Crippen LogP contribution in [-0.4, -0.2) is 29.4 Å². The van der Waals surface area contributed by atoms with Gasteiger partial charge in [-0.25, -0.2) is 0 Å². The lowest BCUT2D eigenvalue weighted by Gasteiger charge is -2.27. The summed E-state index contributed by atoms with van der Waals surface area (Å²) in [5.41, 5.74) is 3.17. The number of nitrogens with one attached hydrogen (secondary N) is 1. The molecular formula is C23H22N2O2S. The molecule has 1 unspecified atom stereocenters. The largest absolute Gasteiger partial charge is 0.484 e. The third kappa shape index (κ3) is 3.53. The van der Waals surface area contributed by atoms with Crippen LogP contribution in [-0.2, 0) is 4.79 Å². The van der Waals surface area contributed by atoms with E-state index in [-0.39, 0.29) is 18.6 Å². The quantitative estimate of drug-likeness (QED) is 0.494. The number of benzene rings is 2. The number of amides is 1. The van der Waals surface area contributed by atoms with Crippen molar-refractivity contribution in [1.29, 1.82) is 0 Å². The number of para-hydroxylation sites is 2. The Balaban J connectivity index is 1.62. The van der Waals surface area contributed by atoms with Crippen molar-refractivity contribution in [2.45, 2.75) is 13.0 Å². The minimum absolute atomic E-state index is 0.00554. The Hall–Kier alpha value is -3.05. The normalized spacial score (nSPS) is 12.1. The Labute approximate surface area is 168 Å². The number of thiophene rings is 1. The SMILES string of the molecule is Cc1ccccc1OCC(=O)N(C)C(c1cccs1)c1c[nH]c2ccccc12. The van der Waals surface area contributed by atoms with Crippen LogP contribution in [0.3, 0.4) is 0 Å². The molecule has 0 aliphatic heterocycles. The van der Waals surface area contributed by atoms with E-state index >= 15 is 0 Å². The number of aromatic nitrogens is 1. The second-order valence-electron chi connectivity index (χ2n) is 6.77. The van der Waals surface area contributed by atoms with Gasteiger partial charge in [0.1, 0.15) is 5.75 Å². The first-order chi connectivity index (χ1) is 13.6. The third-order valence-corrected chi connectivity index (χ3v) is 5.88. The molecule has 0 saturated heterocycles. The van der Waals surface area contributed by atoms with Crippen molar-refractivity contribution in [3.63, 3.8) is 0 Å². The van der Waals surface area contributed by atoms with E-state index in [1.807, 2.05) is 74.1 Å². The number of aromatic amines is 1. The van der Waals surface area contributed by atoms with Crippen LogP contribution >= 0.6 is 11.3 Å². The molecule has 142 valence electrons. The molecule has 4 rings (SSSR count). The summed E-state index contributed by atoms with van der Waals surface area (Å²) in [5.74, 6) is 0.677. The van der Waals surface area contributed by atoms with E-state index in [2.05, 4.69) is 17.1 Å². The van der Waals surface area contributed by atoms with E-state index in [0.29, 0.717) is 0 Å². The first kappa shape index (κ1) is 18.3. The lowest BCUT2D eigenvalue weighted by Crippen LogP contribution is -2.35. The van der Waals surface area contributed by atoms with E-state index in [1.54, 1.807) is 16.2 Å². The number of ether oxygens (including phenoxy) is 1. The number of hydrogen-bond acceptors (Lipinski definition) is 3. The van der Waals surface area contributed by atoms with Crippen LogP contribution in [0.2, 0.25) is 0 Å². The summed E-state index contributed by atoms with van der Waals surface area (Å²) in [6.45, 7) is 1.98. The van der Waals surface area contributed by atoms with E-state index in [4.69, 9.17) is 4.74 Å². The average Bonchev–Trinajstić information content (AvgIpc) is 3.38. The van der Waals surface area contributed by atoms with E-state index < -0.39 is 0 Å². The Morgan fingerprint density at radius 2 is 1.89 bits per heavy atom. The summed E-state index contributed by atoms with van der Waals surface area (Å²) in [6, 6.07) is 19.8. The zero-order chi connectivity index (χ0) is 19.5. The highest BCUT2D eigenvalue weighted by Crippen LogP contribution is 2.35. The first-order valence-electron chi connectivity index (χ1n) is 9.18. The number of carbonyl (C=O) groups excluding carboxylic acids is 1. The van der Waals surface area contributed by atoms with Crippen LogP contribution < -0.4 is 4.74 Å². The topological polar surface area (TPSA) is 45.3 Å². The predicted molar refractivity (Wildman–Crippen MR) is 114 cm³/mol. The van der Waals surface area contributed by atoms with Crippen molar-refractivity contribution in [1.82, 2.24) is 9.88 Å². The van der Waals surface area contributed by atoms with Crippen LogP contribution in [0.15, 0.2) is 72.2 Å². The van der Waals surface area contributed by atoms with Crippen LogP contribution in [0.4, 0.5) is 0 Å². The fourth-order valence-corrected chi connectivity index (χ4v) is 4.31. The maximum Gasteiger partial charge on any atom is 0.261 e. The molecule has 0 saturated carbocycles. The lowest BCUT2D eigenvalue weighted by molar-refractivity contribution is -0.133. The summed E-state index contributed by atoms with van der Waals surface area (Å²) in [5, 5.41) is 3.17. The second kappa shape index (κ2) is 7.90. The fourth-order valence-electron chi connectivity index (χ4n) is 3.42. The second-order valence-corrected chi connectivity index (χ2v) is 7.75. The highest BCUT2D eigenvalue weighted by Gasteiger charge is 2.27. The van der Waals surface area contributed by atoms with E-state index in [1.165, 1.54) is 0 Å². The van der Waals surface area contributed by atoms with Gasteiger partial charge >= 0.3 is 0 Å². The fraction of sp³-hybridized carbons (Fsp3) is 0.174. The summed E-state index contributed by atoms with van der Waals surface area (Å²) >= 11 is 1.65. The van der Waals surface area contributed by atoms with Gasteiger partial charge in [-0.05, 0) is 36.1 Å². The minimum Gasteiger partial charge on any atom is -0.484 e. The minimum atomic E-state index is -0.163. The van der Waals surface area contributed by atoms with Crippen LogP contribution in [0.1, 0.15) is 22.0 Å². The zero-order valence-corrected chi connectivity index (χ0v) is 16.7. The van der Waals surface area contributed by atoms with Crippen LogP contribution in [0.25, 0.3) is 10.9 Å². The third-order valence-electron chi connectivity index (χ3n) is 4.95. The van der Waals surface area contributed by atoms with Crippen LogP contribution in [0, 0.1) is 6.92 Å². The predicted octanol–water partition coefficient (Wildman–Crippen LogP) is 5.16. The molecule has 0 radical (unpaired) electrons. The van der Waals surface area contributed by atoms with Crippen molar-refractivity contribution in [2.75, 3.05) is 13.7 Å². The Morgan fingerprint density at radius 1 is 1.11 bits per heavy atom. The lowest BCUT2D eigenvalue weighted by atomic mass is 10.0. The molecule has 1 N–H and O–H groups in total. The molecule has 4 nitrogen and oxygen atoms in total. The molecule has 0 fully saturated rings. The monoisotopic (exact) mass is 390 g/mol. The number of rotatable bonds is 6. The van der Waals surface area contributed by atoms with Gasteiger partial charge in [0.25, 0.3) is 5.91 Å². The van der Waals surface area contributed by atoms with Crippen molar-refractivity contribution < 1.29 is 9.53 Å². The van der Waals surface area contributed by atoms with Gasteiger partial charge in [0.2, 0.25) is 0 Å². The number of nitrogens with zero attached hydrogens (tertiary/aromatic N) is 1. The molecule has 0 bridgehead atoms. The number of hydrogen-bond donors (Lipinski definition) is 1. The molecule has 1 amide bonds. The van der Waals surface area contributed by atoms with Gasteiger partial charge in [-0.15, -0.1) is 11.3 Å². The highest BCUT2D eigenvalue weighted by molar-refractivity contribution is 7.10. The maximum absolute atomic E-state index is 13.0. The number of likely N-dealkylation sites (N-methyl/N-ethyl adjacent to an activating group) is 1. The molecule has 4 aromatic rings. The van der Waals surface area contributed by atoms with Gasteiger partial charge in [0.05, 0.1) is 6.04 Å². The molecule has 2 aromatic heterocycles. The maximum atomic E-state index is 13.0. The van der Waals surface area contributed by atoms with Crippen molar-refractivity contribution >= 4 is 28.1 Å².